The van der Waals surface area contributed by atoms with Gasteiger partial charge in [-0.2, -0.15) is 0 Å². The second kappa shape index (κ2) is 6.24. The van der Waals surface area contributed by atoms with Crippen molar-refractivity contribution >= 4 is 0 Å². The first-order valence-electron chi connectivity index (χ1n) is 7.12. The Balaban J connectivity index is 1.88. The van der Waals surface area contributed by atoms with Crippen molar-refractivity contribution in [2.24, 2.45) is 5.92 Å². The fraction of sp³-hybridized carbons (Fsp3) is 0.625. The highest BCUT2D eigenvalue weighted by molar-refractivity contribution is 5.28. The summed E-state index contributed by atoms with van der Waals surface area (Å²) in [6.45, 7) is 4.13. The number of ether oxygens (including phenoxy) is 1. The van der Waals surface area contributed by atoms with E-state index in [4.69, 9.17) is 4.74 Å². The van der Waals surface area contributed by atoms with Crippen molar-refractivity contribution in [3.8, 4) is 5.75 Å². The van der Waals surface area contributed by atoms with Gasteiger partial charge in [-0.1, -0.05) is 12.1 Å². The van der Waals surface area contributed by atoms with Gasteiger partial charge in [0.25, 0.3) is 0 Å². The minimum Gasteiger partial charge on any atom is -0.491 e. The summed E-state index contributed by atoms with van der Waals surface area (Å²) in [5.74, 6) is 1.92. The molecule has 1 unspecified atom stereocenters. The number of aryl methyl sites for hydroxylation is 1. The van der Waals surface area contributed by atoms with Crippen LogP contribution in [0.15, 0.2) is 24.3 Å². The van der Waals surface area contributed by atoms with E-state index in [0.717, 1.165) is 18.1 Å². The van der Waals surface area contributed by atoms with Crippen LogP contribution >= 0.6 is 0 Å². The fourth-order valence-electron chi connectivity index (χ4n) is 2.48. The first kappa shape index (κ1) is 13.4. The lowest BCUT2D eigenvalue weighted by Crippen LogP contribution is -2.27. The minimum absolute atomic E-state index is 0.247. The molecule has 1 fully saturated rings. The molecule has 1 atom stereocenters. The molecule has 1 aliphatic carbocycles. The van der Waals surface area contributed by atoms with Crippen molar-refractivity contribution in [1.29, 1.82) is 0 Å². The van der Waals surface area contributed by atoms with Gasteiger partial charge >= 0.3 is 0 Å². The SMILES string of the molecule is CNC(CCc1cccc(OC(C)C)c1)C1CC1. The van der Waals surface area contributed by atoms with Gasteiger partial charge in [0.2, 0.25) is 0 Å². The van der Waals surface area contributed by atoms with Crippen molar-refractivity contribution in [1.82, 2.24) is 5.32 Å². The van der Waals surface area contributed by atoms with Crippen LogP contribution in [0.1, 0.15) is 38.7 Å². The number of hydrogen-bond acceptors (Lipinski definition) is 2. The lowest BCUT2D eigenvalue weighted by molar-refractivity contribution is 0.242. The Morgan fingerprint density at radius 1 is 1.33 bits per heavy atom. The third-order valence-electron chi connectivity index (χ3n) is 3.58. The molecule has 1 aromatic rings. The van der Waals surface area contributed by atoms with Gasteiger partial charge in [-0.25, -0.2) is 0 Å². The molecule has 18 heavy (non-hydrogen) atoms. The van der Waals surface area contributed by atoms with Crippen molar-refractivity contribution < 1.29 is 4.74 Å². The third-order valence-corrected chi connectivity index (χ3v) is 3.58. The van der Waals surface area contributed by atoms with Crippen LogP contribution < -0.4 is 10.1 Å². The first-order valence-corrected chi connectivity index (χ1v) is 7.12. The van der Waals surface area contributed by atoms with Gasteiger partial charge in [0, 0.05) is 6.04 Å². The predicted octanol–water partition coefficient (Wildman–Crippen LogP) is 3.40. The molecule has 0 saturated heterocycles. The lowest BCUT2D eigenvalue weighted by atomic mass is 10.0. The van der Waals surface area contributed by atoms with Crippen molar-refractivity contribution in [2.75, 3.05) is 7.05 Å². The molecule has 1 N–H and O–H groups in total. The molecule has 2 heteroatoms. The number of hydrogen-bond donors (Lipinski definition) is 1. The Kier molecular flexibility index (Phi) is 4.65. The Bertz CT molecular complexity index is 371. The molecular formula is C16H25NO. The molecule has 2 rings (SSSR count). The number of rotatable bonds is 7. The molecule has 0 heterocycles. The summed E-state index contributed by atoms with van der Waals surface area (Å²) in [7, 11) is 2.08. The Morgan fingerprint density at radius 3 is 2.72 bits per heavy atom. The molecule has 1 aromatic carbocycles. The van der Waals surface area contributed by atoms with E-state index < -0.39 is 0 Å². The summed E-state index contributed by atoms with van der Waals surface area (Å²) >= 11 is 0. The van der Waals surface area contributed by atoms with Crippen LogP contribution in [-0.4, -0.2) is 19.2 Å². The highest BCUT2D eigenvalue weighted by atomic mass is 16.5. The summed E-state index contributed by atoms with van der Waals surface area (Å²) in [6.07, 6.45) is 5.42. The van der Waals surface area contributed by atoms with Crippen LogP contribution in [0.2, 0.25) is 0 Å². The van der Waals surface area contributed by atoms with Crippen LogP contribution in [-0.2, 0) is 6.42 Å². The lowest BCUT2D eigenvalue weighted by Gasteiger charge is -2.15. The van der Waals surface area contributed by atoms with Crippen LogP contribution in [0.3, 0.4) is 0 Å². The zero-order valence-corrected chi connectivity index (χ0v) is 11.8. The molecule has 1 aliphatic rings. The van der Waals surface area contributed by atoms with Gasteiger partial charge < -0.3 is 10.1 Å². The van der Waals surface area contributed by atoms with E-state index in [0.29, 0.717) is 6.04 Å². The largest absolute Gasteiger partial charge is 0.491 e. The van der Waals surface area contributed by atoms with Gasteiger partial charge in [-0.05, 0) is 70.2 Å². The molecular weight excluding hydrogens is 222 g/mol. The second-order valence-electron chi connectivity index (χ2n) is 5.59. The topological polar surface area (TPSA) is 21.3 Å². The molecule has 100 valence electrons. The fourth-order valence-corrected chi connectivity index (χ4v) is 2.48. The molecule has 0 radical (unpaired) electrons. The highest BCUT2D eigenvalue weighted by Crippen LogP contribution is 2.34. The van der Waals surface area contributed by atoms with E-state index in [1.165, 1.54) is 24.8 Å². The van der Waals surface area contributed by atoms with Gasteiger partial charge in [0.15, 0.2) is 0 Å². The molecule has 0 bridgehead atoms. The van der Waals surface area contributed by atoms with Crippen molar-refractivity contribution in [3.63, 3.8) is 0 Å². The van der Waals surface area contributed by atoms with Crippen LogP contribution in [0.25, 0.3) is 0 Å². The molecule has 1 saturated carbocycles. The molecule has 0 amide bonds. The van der Waals surface area contributed by atoms with Gasteiger partial charge in [-0.15, -0.1) is 0 Å². The monoisotopic (exact) mass is 247 g/mol. The van der Waals surface area contributed by atoms with Crippen molar-refractivity contribution in [3.05, 3.63) is 29.8 Å². The quantitative estimate of drug-likeness (QED) is 0.797. The van der Waals surface area contributed by atoms with Crippen LogP contribution in [0.5, 0.6) is 5.75 Å². The van der Waals surface area contributed by atoms with E-state index in [-0.39, 0.29) is 6.10 Å². The maximum absolute atomic E-state index is 5.73. The van der Waals surface area contributed by atoms with E-state index in [9.17, 15) is 0 Å². The summed E-state index contributed by atoms with van der Waals surface area (Å²) in [5.41, 5.74) is 1.38. The van der Waals surface area contributed by atoms with Crippen LogP contribution in [0.4, 0.5) is 0 Å². The van der Waals surface area contributed by atoms with E-state index in [2.05, 4.69) is 44.4 Å². The third kappa shape index (κ3) is 4.02. The van der Waals surface area contributed by atoms with Gasteiger partial charge in [0.1, 0.15) is 5.75 Å². The predicted molar refractivity (Wildman–Crippen MR) is 76.1 cm³/mol. The second-order valence-corrected chi connectivity index (χ2v) is 5.59. The number of nitrogens with one attached hydrogen (secondary N) is 1. The molecule has 0 aromatic heterocycles. The average Bonchev–Trinajstić information content (AvgIpc) is 3.14. The maximum Gasteiger partial charge on any atom is 0.119 e. The Hall–Kier alpha value is -1.02. The van der Waals surface area contributed by atoms with Gasteiger partial charge in [0.05, 0.1) is 6.10 Å². The highest BCUT2D eigenvalue weighted by Gasteiger charge is 2.29. The summed E-state index contributed by atoms with van der Waals surface area (Å²) in [6, 6.07) is 9.21. The molecule has 0 spiro atoms. The smallest absolute Gasteiger partial charge is 0.119 e. The standard InChI is InChI=1S/C16H25NO/c1-12(2)18-15-6-4-5-13(11-15)7-10-16(17-3)14-8-9-14/h4-6,11-12,14,16-17H,7-10H2,1-3H3. The summed E-state index contributed by atoms with van der Waals surface area (Å²) < 4.78 is 5.73. The zero-order valence-electron chi connectivity index (χ0n) is 11.8. The Morgan fingerprint density at radius 2 is 2.11 bits per heavy atom. The maximum atomic E-state index is 5.73. The van der Waals surface area contributed by atoms with E-state index >= 15 is 0 Å². The first-order chi connectivity index (χ1) is 8.69. The summed E-state index contributed by atoms with van der Waals surface area (Å²) in [5, 5.41) is 3.45. The van der Waals surface area contributed by atoms with E-state index in [1.54, 1.807) is 0 Å². The normalized spacial score (nSPS) is 16.9. The van der Waals surface area contributed by atoms with Crippen LogP contribution in [0, 0.1) is 5.92 Å². The van der Waals surface area contributed by atoms with Gasteiger partial charge in [-0.3, -0.25) is 0 Å². The minimum atomic E-state index is 0.247. The molecule has 0 aliphatic heterocycles. The average molecular weight is 247 g/mol. The van der Waals surface area contributed by atoms with E-state index in [1.807, 2.05) is 6.07 Å². The molecule has 2 nitrogen and oxygen atoms in total. The zero-order chi connectivity index (χ0) is 13.0. The number of benzene rings is 1. The Labute approximate surface area is 111 Å². The van der Waals surface area contributed by atoms with Crippen molar-refractivity contribution in [2.45, 2.75) is 51.7 Å². The summed E-state index contributed by atoms with van der Waals surface area (Å²) in [4.78, 5) is 0.